The Morgan fingerprint density at radius 3 is 3.15 bits per heavy atom. The molecule has 1 aliphatic rings. The maximum Gasteiger partial charge on any atom is 0.119 e. The zero-order chi connectivity index (χ0) is 9.26. The van der Waals surface area contributed by atoms with Gasteiger partial charge in [0, 0.05) is 10.6 Å². The zero-order valence-electron chi connectivity index (χ0n) is 7.42. The Morgan fingerprint density at radius 2 is 2.38 bits per heavy atom. The van der Waals surface area contributed by atoms with Crippen LogP contribution in [0.1, 0.15) is 11.1 Å². The summed E-state index contributed by atoms with van der Waals surface area (Å²) in [6.07, 6.45) is 3.66. The molecule has 1 aromatic rings. The van der Waals surface area contributed by atoms with E-state index in [-0.39, 0.29) is 0 Å². The second-order valence-corrected chi connectivity index (χ2v) is 4.32. The highest BCUT2D eigenvalue weighted by atomic mass is 32.2. The van der Waals surface area contributed by atoms with Crippen LogP contribution in [0.5, 0.6) is 5.75 Å². The predicted molar refractivity (Wildman–Crippen MR) is 56.4 cm³/mol. The monoisotopic (exact) mass is 192 g/mol. The van der Waals surface area contributed by atoms with Crippen LogP contribution in [-0.2, 0) is 12.8 Å². The van der Waals surface area contributed by atoms with E-state index < -0.39 is 0 Å². The topological polar surface area (TPSA) is 20.2 Å². The third-order valence-electron chi connectivity index (χ3n) is 2.25. The van der Waals surface area contributed by atoms with Crippen LogP contribution in [0, 0.1) is 0 Å². The third kappa shape index (κ3) is 1.59. The van der Waals surface area contributed by atoms with Crippen molar-refractivity contribution >= 4 is 11.8 Å². The van der Waals surface area contributed by atoms with E-state index in [2.05, 4.69) is 12.6 Å². The van der Waals surface area contributed by atoms with Crippen LogP contribution in [0.3, 0.4) is 0 Å². The summed E-state index contributed by atoms with van der Waals surface area (Å²) in [7, 11) is 0. The average molecular weight is 192 g/mol. The summed E-state index contributed by atoms with van der Waals surface area (Å²) in [5.41, 5.74) is 2.28. The van der Waals surface area contributed by atoms with Crippen LogP contribution in [0.2, 0.25) is 0 Å². The Balaban J connectivity index is 2.42. The number of allylic oxidation sites excluding steroid dienone is 1. The molecule has 0 spiro atoms. The third-order valence-corrected chi connectivity index (χ3v) is 3.35. The Kier molecular flexibility index (Phi) is 2.32. The van der Waals surface area contributed by atoms with Gasteiger partial charge in [0.05, 0.1) is 0 Å². The molecule has 1 N–H and O–H groups in total. The molecule has 0 bridgehead atoms. The summed E-state index contributed by atoms with van der Waals surface area (Å²) in [6, 6.07) is 3.98. The molecule has 0 fully saturated rings. The smallest absolute Gasteiger partial charge is 0.119 e. The number of hydrogen-bond donors (Lipinski definition) is 1. The summed E-state index contributed by atoms with van der Waals surface area (Å²) in [6.45, 7) is 3.67. The first-order valence-electron chi connectivity index (χ1n) is 4.39. The minimum atomic E-state index is 0.418. The van der Waals surface area contributed by atoms with E-state index >= 15 is 0 Å². The normalized spacial score (nSPS) is 14.2. The first-order valence-corrected chi connectivity index (χ1v) is 5.38. The number of aromatic hydroxyl groups is 1. The number of hydrogen-bond acceptors (Lipinski definition) is 2. The van der Waals surface area contributed by atoms with Gasteiger partial charge in [-0.1, -0.05) is 6.08 Å². The number of fused-ring (bicyclic) bond motifs is 1. The molecular formula is C11H12OS. The van der Waals surface area contributed by atoms with Gasteiger partial charge in [0.15, 0.2) is 0 Å². The van der Waals surface area contributed by atoms with E-state index in [4.69, 9.17) is 0 Å². The fourth-order valence-corrected chi connectivity index (χ4v) is 2.69. The van der Waals surface area contributed by atoms with Gasteiger partial charge in [0.25, 0.3) is 0 Å². The molecule has 2 heteroatoms. The van der Waals surface area contributed by atoms with Gasteiger partial charge < -0.3 is 5.11 Å². The SMILES string of the molecule is C=CCc1cc2c(cc1O)CCS2. The van der Waals surface area contributed by atoms with E-state index in [0.717, 1.165) is 24.2 Å². The maximum absolute atomic E-state index is 9.65. The van der Waals surface area contributed by atoms with Crippen LogP contribution >= 0.6 is 11.8 Å². The molecule has 1 heterocycles. The van der Waals surface area contributed by atoms with Crippen molar-refractivity contribution in [3.8, 4) is 5.75 Å². The van der Waals surface area contributed by atoms with Crippen molar-refractivity contribution < 1.29 is 5.11 Å². The van der Waals surface area contributed by atoms with Crippen LogP contribution in [0.15, 0.2) is 29.7 Å². The van der Waals surface area contributed by atoms with Crippen molar-refractivity contribution in [1.29, 1.82) is 0 Å². The Hall–Kier alpha value is -0.890. The Labute approximate surface area is 82.5 Å². The molecule has 68 valence electrons. The molecule has 0 aliphatic carbocycles. The van der Waals surface area contributed by atoms with Gasteiger partial charge >= 0.3 is 0 Å². The van der Waals surface area contributed by atoms with Gasteiger partial charge in [-0.05, 0) is 36.1 Å². The van der Waals surface area contributed by atoms with Crippen molar-refractivity contribution in [3.63, 3.8) is 0 Å². The lowest BCUT2D eigenvalue weighted by molar-refractivity contribution is 0.468. The molecule has 0 amide bonds. The van der Waals surface area contributed by atoms with Crippen LogP contribution in [0.4, 0.5) is 0 Å². The lowest BCUT2D eigenvalue weighted by Gasteiger charge is -2.05. The molecule has 0 saturated heterocycles. The number of phenolic OH excluding ortho intramolecular Hbond substituents is 1. The molecule has 0 saturated carbocycles. The molecule has 0 radical (unpaired) electrons. The van der Waals surface area contributed by atoms with E-state index in [1.807, 2.05) is 23.9 Å². The highest BCUT2D eigenvalue weighted by Gasteiger charge is 2.13. The molecule has 1 nitrogen and oxygen atoms in total. The summed E-state index contributed by atoms with van der Waals surface area (Å²) in [4.78, 5) is 1.33. The second-order valence-electron chi connectivity index (χ2n) is 3.18. The number of benzene rings is 1. The Morgan fingerprint density at radius 1 is 1.54 bits per heavy atom. The van der Waals surface area contributed by atoms with Crippen molar-refractivity contribution in [3.05, 3.63) is 35.9 Å². The molecule has 0 atom stereocenters. The summed E-state index contributed by atoms with van der Waals surface area (Å²) >= 11 is 1.87. The first kappa shape index (κ1) is 8.70. The molecule has 1 aromatic carbocycles. The molecule has 0 unspecified atom stereocenters. The van der Waals surface area contributed by atoms with Gasteiger partial charge in [-0.15, -0.1) is 18.3 Å². The quantitative estimate of drug-likeness (QED) is 0.727. The highest BCUT2D eigenvalue weighted by molar-refractivity contribution is 7.99. The molecule has 13 heavy (non-hydrogen) atoms. The average Bonchev–Trinajstić information content (AvgIpc) is 2.52. The minimum Gasteiger partial charge on any atom is -0.508 e. The first-order chi connectivity index (χ1) is 6.31. The Bertz CT molecular complexity index is 344. The molecule has 1 aliphatic heterocycles. The van der Waals surface area contributed by atoms with E-state index in [0.29, 0.717) is 5.75 Å². The summed E-state index contributed by atoms with van der Waals surface area (Å²) in [5.74, 6) is 1.56. The van der Waals surface area contributed by atoms with Crippen LogP contribution in [0.25, 0.3) is 0 Å². The van der Waals surface area contributed by atoms with E-state index in [1.54, 1.807) is 0 Å². The van der Waals surface area contributed by atoms with Crippen molar-refractivity contribution in [1.82, 2.24) is 0 Å². The van der Waals surface area contributed by atoms with Crippen molar-refractivity contribution in [2.75, 3.05) is 5.75 Å². The van der Waals surface area contributed by atoms with Gasteiger partial charge in [0.1, 0.15) is 5.75 Å². The second kappa shape index (κ2) is 3.46. The van der Waals surface area contributed by atoms with E-state index in [9.17, 15) is 5.11 Å². The number of phenols is 1. The standard InChI is InChI=1S/C11H12OS/c1-2-3-8-7-11-9(4-5-13-11)6-10(8)12/h2,6-7,12H,1,3-5H2. The van der Waals surface area contributed by atoms with Gasteiger partial charge in [-0.25, -0.2) is 0 Å². The number of rotatable bonds is 2. The molecular weight excluding hydrogens is 180 g/mol. The van der Waals surface area contributed by atoms with Crippen LogP contribution < -0.4 is 0 Å². The lowest BCUT2D eigenvalue weighted by atomic mass is 10.1. The fourth-order valence-electron chi connectivity index (χ4n) is 1.57. The van der Waals surface area contributed by atoms with Gasteiger partial charge in [0.2, 0.25) is 0 Å². The predicted octanol–water partition coefficient (Wildman–Crippen LogP) is 2.77. The number of thioether (sulfide) groups is 1. The van der Waals surface area contributed by atoms with Gasteiger partial charge in [-0.3, -0.25) is 0 Å². The zero-order valence-corrected chi connectivity index (χ0v) is 8.23. The number of aryl methyl sites for hydroxylation is 1. The minimum absolute atomic E-state index is 0.418. The van der Waals surface area contributed by atoms with Gasteiger partial charge in [-0.2, -0.15) is 0 Å². The lowest BCUT2D eigenvalue weighted by Crippen LogP contribution is -1.86. The van der Waals surface area contributed by atoms with E-state index in [1.165, 1.54) is 10.5 Å². The largest absolute Gasteiger partial charge is 0.508 e. The molecule has 2 rings (SSSR count). The summed E-state index contributed by atoms with van der Waals surface area (Å²) < 4.78 is 0. The van der Waals surface area contributed by atoms with Crippen molar-refractivity contribution in [2.45, 2.75) is 17.7 Å². The fraction of sp³-hybridized carbons (Fsp3) is 0.273. The summed E-state index contributed by atoms with van der Waals surface area (Å²) in [5, 5.41) is 9.65. The maximum atomic E-state index is 9.65. The molecule has 0 aromatic heterocycles. The van der Waals surface area contributed by atoms with Crippen LogP contribution in [-0.4, -0.2) is 10.9 Å². The highest BCUT2D eigenvalue weighted by Crippen LogP contribution is 2.35. The van der Waals surface area contributed by atoms with Crippen molar-refractivity contribution in [2.24, 2.45) is 0 Å².